The smallest absolute Gasteiger partial charge is 0.325 e. The minimum absolute atomic E-state index is 0.0265. The van der Waals surface area contributed by atoms with E-state index in [4.69, 9.17) is 4.74 Å². The van der Waals surface area contributed by atoms with E-state index < -0.39 is 5.54 Å². The molecule has 2 aliphatic heterocycles. The van der Waals surface area contributed by atoms with Crippen LogP contribution in [0.25, 0.3) is 16.6 Å². The first-order chi connectivity index (χ1) is 20.5. The molecule has 0 bridgehead atoms. The van der Waals surface area contributed by atoms with Gasteiger partial charge in [0.05, 0.1) is 42.7 Å². The largest absolute Gasteiger partial charge is 0.497 e. The number of urea groups is 1. The highest BCUT2D eigenvalue weighted by molar-refractivity contribution is 6.01. The second-order valence-electron chi connectivity index (χ2n) is 10.9. The van der Waals surface area contributed by atoms with Gasteiger partial charge in [-0.15, -0.1) is 0 Å². The van der Waals surface area contributed by atoms with Crippen molar-refractivity contribution in [3.63, 3.8) is 0 Å². The first-order valence-corrected chi connectivity index (χ1v) is 14.1. The van der Waals surface area contributed by atoms with Crippen molar-refractivity contribution >= 4 is 23.1 Å². The van der Waals surface area contributed by atoms with Crippen molar-refractivity contribution in [3.05, 3.63) is 103 Å². The summed E-state index contributed by atoms with van der Waals surface area (Å²) >= 11 is 0. The van der Waals surface area contributed by atoms with Gasteiger partial charge in [0.25, 0.3) is 5.91 Å². The van der Waals surface area contributed by atoms with Gasteiger partial charge < -0.3 is 14.5 Å². The first kappa shape index (κ1) is 25.8. The number of nitrogens with zero attached hydrogens (tertiary/aromatic N) is 6. The van der Waals surface area contributed by atoms with Crippen LogP contribution in [-0.4, -0.2) is 73.8 Å². The van der Waals surface area contributed by atoms with Crippen molar-refractivity contribution in [2.75, 3.05) is 31.6 Å². The Labute approximate surface area is 243 Å². The Hall–Kier alpha value is -5.12. The molecule has 5 aromatic rings. The molecular weight excluding hydrogens is 530 g/mol. The fourth-order valence-electron chi connectivity index (χ4n) is 6.25. The molecule has 0 radical (unpaired) electrons. The van der Waals surface area contributed by atoms with Crippen LogP contribution in [0, 0.1) is 0 Å². The molecule has 212 valence electrons. The third kappa shape index (κ3) is 4.45. The zero-order valence-electron chi connectivity index (χ0n) is 23.3. The molecule has 2 saturated heterocycles. The molecular formula is C32H31N7O3. The number of likely N-dealkylation sites (tertiary alicyclic amines) is 1. The number of fused-ring (bicyclic) bond motifs is 1. The summed E-state index contributed by atoms with van der Waals surface area (Å²) in [5.41, 5.74) is 4.86. The lowest BCUT2D eigenvalue weighted by atomic mass is 9.86. The number of hydrogen-bond acceptors (Lipinski definition) is 5. The highest BCUT2D eigenvalue weighted by atomic mass is 16.5. The van der Waals surface area contributed by atoms with Gasteiger partial charge in [-0.3, -0.25) is 14.8 Å². The van der Waals surface area contributed by atoms with E-state index in [1.54, 1.807) is 24.0 Å². The Morgan fingerprint density at radius 1 is 1.00 bits per heavy atom. The van der Waals surface area contributed by atoms with Crippen LogP contribution in [0.4, 0.5) is 10.5 Å². The normalized spacial score (nSPS) is 16.5. The molecule has 10 nitrogen and oxygen atoms in total. The minimum Gasteiger partial charge on any atom is -0.497 e. The number of methoxy groups -OCH3 is 1. The SMILES string of the molecule is COc1cccc(CN2C(=O)N(c3ccc(-c4cn[nH]c4)cc3)CC23CCN(C(=O)c2cnn4ccccc24)CC3)c1. The van der Waals surface area contributed by atoms with E-state index in [2.05, 4.69) is 15.3 Å². The minimum atomic E-state index is -0.415. The second kappa shape index (κ2) is 10.4. The Balaban J connectivity index is 1.16. The van der Waals surface area contributed by atoms with Crippen LogP contribution < -0.4 is 9.64 Å². The molecule has 0 unspecified atom stereocenters. The molecule has 0 saturated carbocycles. The number of anilines is 1. The quantitative estimate of drug-likeness (QED) is 0.320. The molecule has 5 heterocycles. The number of carbonyl (C=O) groups excluding carboxylic acids is 2. The number of amides is 3. The van der Waals surface area contributed by atoms with Crippen molar-refractivity contribution in [2.24, 2.45) is 0 Å². The molecule has 7 rings (SSSR count). The van der Waals surface area contributed by atoms with E-state index in [9.17, 15) is 9.59 Å². The van der Waals surface area contributed by atoms with Crippen molar-refractivity contribution in [1.29, 1.82) is 0 Å². The van der Waals surface area contributed by atoms with Gasteiger partial charge in [0.15, 0.2) is 0 Å². The van der Waals surface area contributed by atoms with E-state index >= 15 is 0 Å². The molecule has 2 fully saturated rings. The van der Waals surface area contributed by atoms with Gasteiger partial charge in [-0.2, -0.15) is 10.2 Å². The van der Waals surface area contributed by atoms with Crippen LogP contribution in [0.15, 0.2) is 91.5 Å². The molecule has 1 N–H and O–H groups in total. The predicted octanol–water partition coefficient (Wildman–Crippen LogP) is 4.85. The summed E-state index contributed by atoms with van der Waals surface area (Å²) in [6, 6.07) is 21.6. The molecule has 0 aliphatic carbocycles. The van der Waals surface area contributed by atoms with Crippen LogP contribution in [0.2, 0.25) is 0 Å². The zero-order valence-corrected chi connectivity index (χ0v) is 23.3. The average molecular weight is 562 g/mol. The first-order valence-electron chi connectivity index (χ1n) is 14.1. The molecule has 3 amide bonds. The monoisotopic (exact) mass is 561 g/mol. The summed E-state index contributed by atoms with van der Waals surface area (Å²) in [6.07, 6.45) is 8.47. The summed E-state index contributed by atoms with van der Waals surface area (Å²) in [5, 5.41) is 11.2. The summed E-state index contributed by atoms with van der Waals surface area (Å²) in [5.74, 6) is 0.732. The molecule has 0 atom stereocenters. The molecule has 3 aromatic heterocycles. The van der Waals surface area contributed by atoms with Gasteiger partial charge in [0, 0.05) is 43.3 Å². The standard InChI is InChI=1S/C32H31N7O3/c1-42-27-6-4-5-23(17-27)21-38-31(41)37(26-10-8-24(9-11-26)25-18-33-34-19-25)22-32(38)12-15-36(16-13-32)30(40)28-20-35-39-14-3-2-7-29(28)39/h2-11,14,17-20H,12-13,15-16,21-22H2,1H3,(H,33,34). The van der Waals surface area contributed by atoms with Crippen molar-refractivity contribution in [2.45, 2.75) is 24.9 Å². The maximum atomic E-state index is 14.1. The Morgan fingerprint density at radius 2 is 1.83 bits per heavy atom. The number of aromatic amines is 1. The number of hydrogen-bond donors (Lipinski definition) is 1. The molecule has 2 aromatic carbocycles. The lowest BCUT2D eigenvalue weighted by molar-refractivity contribution is 0.0509. The Kier molecular flexibility index (Phi) is 6.38. The third-order valence-electron chi connectivity index (χ3n) is 8.61. The maximum Gasteiger partial charge on any atom is 0.325 e. The van der Waals surface area contributed by atoms with Crippen molar-refractivity contribution in [1.82, 2.24) is 29.6 Å². The van der Waals surface area contributed by atoms with E-state index in [1.165, 1.54) is 0 Å². The number of pyridine rings is 1. The number of piperidine rings is 1. The summed E-state index contributed by atoms with van der Waals surface area (Å²) in [6.45, 7) is 2.12. The summed E-state index contributed by atoms with van der Waals surface area (Å²) < 4.78 is 7.17. The number of benzene rings is 2. The fraction of sp³-hybridized carbons (Fsp3) is 0.250. The average Bonchev–Trinajstić information content (AvgIpc) is 3.78. The maximum absolute atomic E-state index is 14.1. The highest BCUT2D eigenvalue weighted by Crippen LogP contribution is 2.40. The number of carbonyl (C=O) groups is 2. The molecule has 1 spiro atoms. The summed E-state index contributed by atoms with van der Waals surface area (Å²) in [4.78, 5) is 33.5. The molecule has 2 aliphatic rings. The van der Waals surface area contributed by atoms with Crippen LogP contribution in [0.5, 0.6) is 5.75 Å². The van der Waals surface area contributed by atoms with Crippen LogP contribution >= 0.6 is 0 Å². The third-order valence-corrected chi connectivity index (χ3v) is 8.61. The van der Waals surface area contributed by atoms with Crippen molar-refractivity contribution < 1.29 is 14.3 Å². The van der Waals surface area contributed by atoms with E-state index in [-0.39, 0.29) is 11.9 Å². The van der Waals surface area contributed by atoms with Crippen LogP contribution in [0.3, 0.4) is 0 Å². The van der Waals surface area contributed by atoms with Gasteiger partial charge >= 0.3 is 6.03 Å². The van der Waals surface area contributed by atoms with E-state index in [0.29, 0.717) is 44.6 Å². The predicted molar refractivity (Wildman–Crippen MR) is 158 cm³/mol. The van der Waals surface area contributed by atoms with E-state index in [1.807, 2.05) is 93.8 Å². The number of ether oxygens (including phenoxy) is 1. The topological polar surface area (TPSA) is 99.1 Å². The number of H-pyrrole nitrogens is 1. The fourth-order valence-corrected chi connectivity index (χ4v) is 6.25. The van der Waals surface area contributed by atoms with Crippen molar-refractivity contribution in [3.8, 4) is 16.9 Å². The van der Waals surface area contributed by atoms with Crippen LogP contribution in [0.1, 0.15) is 28.8 Å². The number of nitrogens with one attached hydrogen (secondary N) is 1. The highest BCUT2D eigenvalue weighted by Gasteiger charge is 2.51. The number of aromatic nitrogens is 4. The number of rotatable bonds is 6. The lowest BCUT2D eigenvalue weighted by Gasteiger charge is -2.43. The van der Waals surface area contributed by atoms with Crippen LogP contribution in [-0.2, 0) is 6.54 Å². The zero-order chi connectivity index (χ0) is 28.7. The van der Waals surface area contributed by atoms with Gasteiger partial charge in [0.1, 0.15) is 5.75 Å². The van der Waals surface area contributed by atoms with E-state index in [0.717, 1.165) is 33.6 Å². The molecule has 42 heavy (non-hydrogen) atoms. The summed E-state index contributed by atoms with van der Waals surface area (Å²) in [7, 11) is 1.65. The molecule has 10 heteroatoms. The Morgan fingerprint density at radius 3 is 2.60 bits per heavy atom. The Bertz CT molecular complexity index is 1740. The van der Waals surface area contributed by atoms with Gasteiger partial charge in [-0.1, -0.05) is 30.3 Å². The van der Waals surface area contributed by atoms with Gasteiger partial charge in [-0.05, 0) is 60.4 Å². The lowest BCUT2D eigenvalue weighted by Crippen LogP contribution is -2.55. The second-order valence-corrected chi connectivity index (χ2v) is 10.9. The van der Waals surface area contributed by atoms with Gasteiger partial charge in [0.2, 0.25) is 0 Å². The van der Waals surface area contributed by atoms with Gasteiger partial charge in [-0.25, -0.2) is 9.31 Å².